The Hall–Kier alpha value is -2.36. The van der Waals surface area contributed by atoms with Crippen molar-refractivity contribution in [2.24, 2.45) is 0 Å². The third kappa shape index (κ3) is 2.85. The summed E-state index contributed by atoms with van der Waals surface area (Å²) < 4.78 is 4.76. The third-order valence-electron chi connectivity index (χ3n) is 2.50. The molecule has 0 radical (unpaired) electrons. The van der Waals surface area contributed by atoms with Crippen LogP contribution >= 0.6 is 0 Å². The standard InChI is InChI=1S/C14H15N3O/c1-4-12(16-14-7-8-18-17-14)9-13-10(2)5-6-11(3)15-13/h4-9H,1H2,2-3H3,(H,16,17)/b12-9+. The molecule has 2 heterocycles. The van der Waals surface area contributed by atoms with Crippen molar-refractivity contribution >= 4 is 11.9 Å². The zero-order valence-electron chi connectivity index (χ0n) is 10.5. The fourth-order valence-electron chi connectivity index (χ4n) is 1.51. The second-order valence-electron chi connectivity index (χ2n) is 3.97. The highest BCUT2D eigenvalue weighted by atomic mass is 16.5. The van der Waals surface area contributed by atoms with Crippen molar-refractivity contribution in [1.29, 1.82) is 0 Å². The Kier molecular flexibility index (Phi) is 3.57. The van der Waals surface area contributed by atoms with Crippen LogP contribution in [0.3, 0.4) is 0 Å². The second-order valence-corrected chi connectivity index (χ2v) is 3.97. The number of aryl methyl sites for hydroxylation is 2. The van der Waals surface area contributed by atoms with E-state index in [0.29, 0.717) is 5.82 Å². The van der Waals surface area contributed by atoms with Gasteiger partial charge in [-0.05, 0) is 37.6 Å². The summed E-state index contributed by atoms with van der Waals surface area (Å²) in [5.41, 5.74) is 3.84. The topological polar surface area (TPSA) is 51.0 Å². The predicted molar refractivity (Wildman–Crippen MR) is 72.0 cm³/mol. The quantitative estimate of drug-likeness (QED) is 0.834. The molecule has 2 rings (SSSR count). The Labute approximate surface area is 106 Å². The van der Waals surface area contributed by atoms with Gasteiger partial charge in [-0.3, -0.25) is 4.98 Å². The molecule has 0 unspecified atom stereocenters. The van der Waals surface area contributed by atoms with E-state index in [2.05, 4.69) is 22.0 Å². The second kappa shape index (κ2) is 5.31. The maximum absolute atomic E-state index is 4.76. The van der Waals surface area contributed by atoms with Gasteiger partial charge in [-0.1, -0.05) is 17.8 Å². The van der Waals surface area contributed by atoms with E-state index >= 15 is 0 Å². The Morgan fingerprint density at radius 2 is 2.17 bits per heavy atom. The van der Waals surface area contributed by atoms with Gasteiger partial charge in [-0.2, -0.15) is 0 Å². The molecule has 4 heteroatoms. The summed E-state index contributed by atoms with van der Waals surface area (Å²) in [5, 5.41) is 6.89. The molecule has 0 atom stereocenters. The van der Waals surface area contributed by atoms with Crippen LogP contribution in [0.2, 0.25) is 0 Å². The van der Waals surface area contributed by atoms with Crippen LogP contribution in [-0.2, 0) is 0 Å². The summed E-state index contributed by atoms with van der Waals surface area (Å²) in [5.74, 6) is 0.645. The monoisotopic (exact) mass is 241 g/mol. The number of aromatic nitrogens is 2. The molecule has 0 aromatic carbocycles. The molecule has 0 fully saturated rings. The van der Waals surface area contributed by atoms with Crippen molar-refractivity contribution in [3.63, 3.8) is 0 Å². The van der Waals surface area contributed by atoms with Crippen molar-refractivity contribution in [2.45, 2.75) is 13.8 Å². The summed E-state index contributed by atoms with van der Waals surface area (Å²) in [6, 6.07) is 5.78. The smallest absolute Gasteiger partial charge is 0.173 e. The van der Waals surface area contributed by atoms with Crippen LogP contribution in [0.1, 0.15) is 17.0 Å². The average Bonchev–Trinajstić information content (AvgIpc) is 2.85. The molecule has 18 heavy (non-hydrogen) atoms. The van der Waals surface area contributed by atoms with Crippen LogP contribution in [0.15, 0.2) is 47.3 Å². The van der Waals surface area contributed by atoms with E-state index in [1.165, 1.54) is 6.26 Å². The van der Waals surface area contributed by atoms with Crippen LogP contribution in [0.5, 0.6) is 0 Å². The van der Waals surface area contributed by atoms with Gasteiger partial charge in [0.15, 0.2) is 5.82 Å². The SMILES string of the molecule is C=C/C(=C\c1nc(C)ccc1C)Nc1ccon1. The number of allylic oxidation sites excluding steroid dienone is 1. The zero-order valence-corrected chi connectivity index (χ0v) is 10.5. The predicted octanol–water partition coefficient (Wildman–Crippen LogP) is 3.33. The lowest BCUT2D eigenvalue weighted by molar-refractivity contribution is 0.423. The van der Waals surface area contributed by atoms with Gasteiger partial charge in [0.25, 0.3) is 0 Å². The molecule has 2 aromatic rings. The first kappa shape index (κ1) is 12.1. The number of nitrogens with one attached hydrogen (secondary N) is 1. The minimum Gasteiger partial charge on any atom is -0.363 e. The van der Waals surface area contributed by atoms with Gasteiger partial charge in [0, 0.05) is 17.5 Å². The molecule has 0 aliphatic rings. The summed E-state index contributed by atoms with van der Waals surface area (Å²) in [6.07, 6.45) is 5.17. The lowest BCUT2D eigenvalue weighted by Gasteiger charge is -2.05. The molecule has 0 saturated carbocycles. The minimum atomic E-state index is 0.645. The lowest BCUT2D eigenvalue weighted by atomic mass is 10.1. The summed E-state index contributed by atoms with van der Waals surface area (Å²) >= 11 is 0. The molecular weight excluding hydrogens is 226 g/mol. The van der Waals surface area contributed by atoms with Crippen molar-refractivity contribution < 1.29 is 4.52 Å². The first-order valence-corrected chi connectivity index (χ1v) is 5.65. The van der Waals surface area contributed by atoms with E-state index < -0.39 is 0 Å². The third-order valence-corrected chi connectivity index (χ3v) is 2.50. The van der Waals surface area contributed by atoms with Crippen LogP contribution in [-0.4, -0.2) is 10.1 Å². The van der Waals surface area contributed by atoms with Crippen molar-refractivity contribution in [1.82, 2.24) is 10.1 Å². The van der Waals surface area contributed by atoms with Crippen LogP contribution in [0, 0.1) is 13.8 Å². The number of hydrogen-bond acceptors (Lipinski definition) is 4. The number of nitrogens with zero attached hydrogens (tertiary/aromatic N) is 2. The molecule has 0 aliphatic carbocycles. The maximum atomic E-state index is 4.76. The molecule has 0 spiro atoms. The van der Waals surface area contributed by atoms with Crippen molar-refractivity contribution in [2.75, 3.05) is 5.32 Å². The maximum Gasteiger partial charge on any atom is 0.173 e. The Morgan fingerprint density at radius 3 is 2.83 bits per heavy atom. The Morgan fingerprint density at radius 1 is 1.33 bits per heavy atom. The largest absolute Gasteiger partial charge is 0.363 e. The molecule has 2 aromatic heterocycles. The van der Waals surface area contributed by atoms with E-state index in [4.69, 9.17) is 4.52 Å². The summed E-state index contributed by atoms with van der Waals surface area (Å²) in [6.45, 7) is 7.76. The normalized spacial score (nSPS) is 11.3. The highest BCUT2D eigenvalue weighted by Gasteiger charge is 2.01. The van der Waals surface area contributed by atoms with Gasteiger partial charge in [0.05, 0.1) is 5.69 Å². The molecular formula is C14H15N3O. The van der Waals surface area contributed by atoms with Crippen LogP contribution < -0.4 is 5.32 Å². The first-order valence-electron chi connectivity index (χ1n) is 5.65. The fourth-order valence-corrected chi connectivity index (χ4v) is 1.51. The van der Waals surface area contributed by atoms with Gasteiger partial charge in [-0.25, -0.2) is 0 Å². The number of hydrogen-bond donors (Lipinski definition) is 1. The molecule has 0 amide bonds. The fraction of sp³-hybridized carbons (Fsp3) is 0.143. The molecule has 0 bridgehead atoms. The molecule has 1 N–H and O–H groups in total. The van der Waals surface area contributed by atoms with Gasteiger partial charge < -0.3 is 9.84 Å². The van der Waals surface area contributed by atoms with Gasteiger partial charge in [0.1, 0.15) is 6.26 Å². The highest BCUT2D eigenvalue weighted by Crippen LogP contribution is 2.13. The Balaban J connectivity index is 2.28. The molecule has 0 saturated heterocycles. The van der Waals surface area contributed by atoms with E-state index in [9.17, 15) is 0 Å². The van der Waals surface area contributed by atoms with Crippen molar-refractivity contribution in [3.05, 3.63) is 59.8 Å². The number of anilines is 1. The molecule has 92 valence electrons. The van der Waals surface area contributed by atoms with E-state index in [0.717, 1.165) is 22.6 Å². The van der Waals surface area contributed by atoms with Crippen LogP contribution in [0.25, 0.3) is 6.08 Å². The number of rotatable bonds is 4. The minimum absolute atomic E-state index is 0.645. The Bertz CT molecular complexity index is 571. The first-order chi connectivity index (χ1) is 8.69. The molecule has 4 nitrogen and oxygen atoms in total. The van der Waals surface area contributed by atoms with Gasteiger partial charge in [0.2, 0.25) is 0 Å². The van der Waals surface area contributed by atoms with Gasteiger partial charge >= 0.3 is 0 Å². The molecule has 0 aliphatic heterocycles. The summed E-state index contributed by atoms with van der Waals surface area (Å²) in [7, 11) is 0. The zero-order chi connectivity index (χ0) is 13.0. The van der Waals surface area contributed by atoms with E-state index in [1.807, 2.05) is 32.1 Å². The van der Waals surface area contributed by atoms with Crippen LogP contribution in [0.4, 0.5) is 5.82 Å². The van der Waals surface area contributed by atoms with Crippen molar-refractivity contribution in [3.8, 4) is 0 Å². The number of pyridine rings is 1. The van der Waals surface area contributed by atoms with E-state index in [1.54, 1.807) is 12.1 Å². The average molecular weight is 241 g/mol. The van der Waals surface area contributed by atoms with Gasteiger partial charge in [-0.15, -0.1) is 0 Å². The summed E-state index contributed by atoms with van der Waals surface area (Å²) in [4.78, 5) is 4.48. The highest BCUT2D eigenvalue weighted by molar-refractivity contribution is 5.60. The van der Waals surface area contributed by atoms with E-state index in [-0.39, 0.29) is 0 Å². The lowest BCUT2D eigenvalue weighted by Crippen LogP contribution is -1.98.